The number of rotatable bonds is 19. The molecule has 0 radical (unpaired) electrons. The van der Waals surface area contributed by atoms with Crippen molar-refractivity contribution < 1.29 is 76.8 Å². The number of nitrogens with zero attached hydrogens (tertiary/aromatic N) is 4. The number of imide groups is 3. The van der Waals surface area contributed by atoms with Gasteiger partial charge >= 0.3 is 17.9 Å². The van der Waals surface area contributed by atoms with E-state index in [2.05, 4.69) is 31.1 Å². The van der Waals surface area contributed by atoms with Gasteiger partial charge in [0, 0.05) is 75.4 Å². The Kier molecular flexibility index (Phi) is 26.4. The summed E-state index contributed by atoms with van der Waals surface area (Å²) in [6.45, 7) is 0.0967. The number of nitrogens with one attached hydrogen (secondary N) is 3. The molecule has 5 rings (SSSR count). The number of benzene rings is 1. The van der Waals surface area contributed by atoms with Crippen molar-refractivity contribution in [3.63, 3.8) is 0 Å². The highest BCUT2D eigenvalue weighted by Crippen LogP contribution is 2.29. The number of aldehydes is 1. The van der Waals surface area contributed by atoms with E-state index in [1.54, 1.807) is 6.20 Å². The molecule has 4 heterocycles. The van der Waals surface area contributed by atoms with Gasteiger partial charge in [-0.05, 0) is 47.9 Å². The SMILES string of the molecule is NNC(=O)CCCCC(=O)NN.O=C(CBr)NCCC(=O)ON1C(=O)CCC1=O.O=C(CCSSc1ccccn1)ON1C(=O)CCC1=O.O=Cc1ccc(C(=O)ON2C(=O)CCC2=O)cc1. The Hall–Kier alpha value is -6.62. The Bertz CT molecular complexity index is 2050. The minimum atomic E-state index is -0.809. The number of halogens is 1. The summed E-state index contributed by atoms with van der Waals surface area (Å²) in [5.74, 6) is 4.35. The van der Waals surface area contributed by atoms with Gasteiger partial charge in [-0.25, -0.2) is 31.1 Å². The topological polar surface area (TPSA) is 360 Å². The molecule has 28 heteroatoms. The molecule has 0 aliphatic carbocycles. The number of carbonyl (C=O) groups excluding carboxylic acids is 13. The van der Waals surface area contributed by atoms with Crippen molar-refractivity contribution in [3.8, 4) is 0 Å². The highest BCUT2D eigenvalue weighted by Gasteiger charge is 2.34. The molecule has 3 aliphatic heterocycles. The Morgan fingerprint density at radius 3 is 1.52 bits per heavy atom. The number of nitrogens with two attached hydrogens (primary N) is 2. The second-order valence-electron chi connectivity index (χ2n) is 13.2. The van der Waals surface area contributed by atoms with Crippen LogP contribution in [0.2, 0.25) is 0 Å². The average Bonchev–Trinajstić information content (AvgIpc) is 3.95. The summed E-state index contributed by atoms with van der Waals surface area (Å²) < 4.78 is 0. The maximum absolute atomic E-state index is 11.6. The lowest BCUT2D eigenvalue weighted by atomic mass is 10.1. The van der Waals surface area contributed by atoms with Gasteiger partial charge in [0.1, 0.15) is 11.3 Å². The van der Waals surface area contributed by atoms with Crippen LogP contribution in [-0.2, 0) is 67.3 Å². The zero-order chi connectivity index (χ0) is 49.7. The first-order chi connectivity index (χ1) is 32.0. The predicted molar refractivity (Wildman–Crippen MR) is 234 cm³/mol. The zero-order valence-corrected chi connectivity index (χ0v) is 38.7. The van der Waals surface area contributed by atoms with E-state index in [1.165, 1.54) is 45.9 Å². The van der Waals surface area contributed by atoms with Gasteiger partial charge in [-0.15, -0.1) is 15.2 Å². The predicted octanol–water partition coefficient (Wildman–Crippen LogP) is 0.561. The molecule has 9 amide bonds. The molecule has 0 bridgehead atoms. The van der Waals surface area contributed by atoms with Crippen LogP contribution < -0.4 is 27.9 Å². The molecule has 362 valence electrons. The van der Waals surface area contributed by atoms with E-state index < -0.39 is 53.4 Å². The minimum Gasteiger partial charge on any atom is -0.355 e. The van der Waals surface area contributed by atoms with Crippen molar-refractivity contribution in [2.24, 2.45) is 11.7 Å². The summed E-state index contributed by atoms with van der Waals surface area (Å²) in [5.41, 5.74) is 4.58. The largest absolute Gasteiger partial charge is 0.363 e. The number of unbranched alkanes of at least 4 members (excludes halogenated alkanes) is 1. The molecule has 2 aromatic rings. The van der Waals surface area contributed by atoms with E-state index >= 15 is 0 Å². The number of aromatic nitrogens is 1. The second-order valence-corrected chi connectivity index (χ2v) is 16.2. The van der Waals surface area contributed by atoms with Crippen LogP contribution in [0.15, 0.2) is 53.7 Å². The van der Waals surface area contributed by atoms with Gasteiger partial charge in [0.15, 0.2) is 0 Å². The normalized spacial score (nSPS) is 13.8. The standard InChI is InChI=1S/C12H12N2O4S2.C12H9NO5.C9H11BrN2O5.C6H14N4O2/c15-10-4-5-11(16)14(10)18-12(17)6-8-19-20-9-3-1-2-7-13-9;14-7-8-1-3-9(4-2-8)12(17)18-13-10(15)5-6-11(13)16;10-5-6(13)11-4-3-9(16)17-12-7(14)1-2-8(12)15;7-9-5(11)3-1-2-4-6(12)10-8/h1-3,7H,4-6,8H2;1-4,7H,5-6H2;1-5H2,(H,11,13);1-4,7-8H2,(H,9,11)(H,10,12). The quantitative estimate of drug-likeness (QED) is 0.0188. The lowest BCUT2D eigenvalue weighted by Gasteiger charge is -2.12. The van der Waals surface area contributed by atoms with Crippen molar-refractivity contribution >= 4 is 115 Å². The molecule has 0 unspecified atom stereocenters. The number of hydroxylamine groups is 6. The molecule has 7 N–H and O–H groups in total. The first-order valence-corrected chi connectivity index (χ1v) is 23.3. The molecule has 3 fully saturated rings. The van der Waals surface area contributed by atoms with Crippen LogP contribution in [-0.4, -0.2) is 115 Å². The maximum atomic E-state index is 11.6. The second kappa shape index (κ2) is 31.3. The third-order valence-corrected chi connectivity index (χ3v) is 11.0. The number of hydrogen-bond donors (Lipinski definition) is 5. The Morgan fingerprint density at radius 2 is 1.10 bits per heavy atom. The van der Waals surface area contributed by atoms with Crippen molar-refractivity contribution in [1.82, 2.24) is 36.3 Å². The molecular weight excluding hydrogens is 995 g/mol. The average molecular weight is 1040 g/mol. The molecule has 67 heavy (non-hydrogen) atoms. The van der Waals surface area contributed by atoms with Gasteiger partial charge in [0.2, 0.25) is 17.7 Å². The van der Waals surface area contributed by atoms with Gasteiger partial charge in [-0.3, -0.25) is 58.8 Å². The van der Waals surface area contributed by atoms with E-state index in [0.717, 1.165) is 5.03 Å². The molecule has 25 nitrogen and oxygen atoms in total. The zero-order valence-electron chi connectivity index (χ0n) is 35.5. The molecule has 1 aromatic carbocycles. The number of hydrogen-bond acceptors (Lipinski definition) is 21. The highest BCUT2D eigenvalue weighted by atomic mass is 79.9. The Labute approximate surface area is 397 Å². The van der Waals surface area contributed by atoms with Gasteiger partial charge in [0.05, 0.1) is 23.7 Å². The summed E-state index contributed by atoms with van der Waals surface area (Å²) in [6.07, 6.45) is 4.76. The fourth-order valence-electron chi connectivity index (χ4n) is 4.79. The number of hydrazine groups is 2. The fourth-order valence-corrected chi connectivity index (χ4v) is 6.84. The van der Waals surface area contributed by atoms with Crippen molar-refractivity contribution in [1.29, 1.82) is 0 Å². The van der Waals surface area contributed by atoms with Gasteiger partial charge in [0.25, 0.3) is 35.4 Å². The van der Waals surface area contributed by atoms with E-state index in [9.17, 15) is 62.3 Å². The van der Waals surface area contributed by atoms with Gasteiger partial charge in [-0.2, -0.15) is 0 Å². The third-order valence-electron chi connectivity index (χ3n) is 8.18. The van der Waals surface area contributed by atoms with E-state index in [4.69, 9.17) is 21.4 Å². The first kappa shape index (κ1) is 56.5. The molecule has 3 aliphatic rings. The van der Waals surface area contributed by atoms with Crippen LogP contribution in [0, 0.1) is 0 Å². The van der Waals surface area contributed by atoms with Crippen molar-refractivity contribution in [2.45, 2.75) is 82.1 Å². The van der Waals surface area contributed by atoms with Crippen LogP contribution >= 0.6 is 37.5 Å². The van der Waals surface area contributed by atoms with Crippen molar-refractivity contribution in [3.05, 3.63) is 59.8 Å². The van der Waals surface area contributed by atoms with Crippen LogP contribution in [0.1, 0.15) is 97.8 Å². The number of alkyl halides is 1. The van der Waals surface area contributed by atoms with E-state index in [1.807, 2.05) is 29.1 Å². The van der Waals surface area contributed by atoms with Crippen LogP contribution in [0.4, 0.5) is 0 Å². The first-order valence-electron chi connectivity index (χ1n) is 19.8. The summed E-state index contributed by atoms with van der Waals surface area (Å²) in [7, 11) is 2.92. The van der Waals surface area contributed by atoms with Crippen LogP contribution in [0.3, 0.4) is 0 Å². The molecule has 1 aromatic heterocycles. The molecule has 0 spiro atoms. The smallest absolute Gasteiger partial charge is 0.355 e. The summed E-state index contributed by atoms with van der Waals surface area (Å²) in [5, 5.41) is 4.97. The molecule has 0 saturated carbocycles. The van der Waals surface area contributed by atoms with E-state index in [0.29, 0.717) is 58.5 Å². The number of amides is 9. The summed E-state index contributed by atoms with van der Waals surface area (Å²) >= 11 is 2.94. The molecule has 3 saturated heterocycles. The minimum absolute atomic E-state index is 0.0518. The number of pyridine rings is 1. The highest BCUT2D eigenvalue weighted by molar-refractivity contribution is 9.09. The third kappa shape index (κ3) is 21.9. The monoisotopic (exact) mass is 1040 g/mol. The Morgan fingerprint density at radius 1 is 0.642 bits per heavy atom. The fraction of sp³-hybridized carbons (Fsp3) is 0.385. The van der Waals surface area contributed by atoms with Gasteiger partial charge in [-0.1, -0.05) is 44.9 Å². The lowest BCUT2D eigenvalue weighted by molar-refractivity contribution is -0.197. The molecule has 0 atom stereocenters. The number of carbonyl (C=O) groups is 13. The van der Waals surface area contributed by atoms with E-state index in [-0.39, 0.29) is 86.5 Å². The maximum Gasteiger partial charge on any atom is 0.363 e. The summed E-state index contributed by atoms with van der Waals surface area (Å²) in [4.78, 5) is 162. The lowest BCUT2D eigenvalue weighted by Crippen LogP contribution is -2.34. The van der Waals surface area contributed by atoms with Crippen LogP contribution in [0.5, 0.6) is 0 Å². The van der Waals surface area contributed by atoms with Gasteiger partial charge < -0.3 is 19.8 Å². The molecular formula is C39H46BrN9O16S2. The van der Waals surface area contributed by atoms with Crippen LogP contribution in [0.25, 0.3) is 0 Å². The van der Waals surface area contributed by atoms with Crippen molar-refractivity contribution in [2.75, 3.05) is 17.6 Å². The summed E-state index contributed by atoms with van der Waals surface area (Å²) in [6, 6.07) is 11.2. The Balaban J connectivity index is 0.000000312.